The van der Waals surface area contributed by atoms with Gasteiger partial charge in [0.25, 0.3) is 0 Å². The van der Waals surface area contributed by atoms with Gasteiger partial charge in [-0.1, -0.05) is 38.1 Å². The Morgan fingerprint density at radius 2 is 1.96 bits per heavy atom. The van der Waals surface area contributed by atoms with Crippen LogP contribution in [0.4, 0.5) is 5.69 Å². The van der Waals surface area contributed by atoms with Gasteiger partial charge >= 0.3 is 0 Å². The van der Waals surface area contributed by atoms with Gasteiger partial charge in [-0.3, -0.25) is 14.6 Å². The first-order valence-electron chi connectivity index (χ1n) is 8.45. The number of pyridine rings is 1. The van der Waals surface area contributed by atoms with E-state index in [1.165, 1.54) is 12.5 Å². The topological polar surface area (TPSA) is 68.3 Å². The summed E-state index contributed by atoms with van der Waals surface area (Å²) in [6.45, 7) is 6.56. The van der Waals surface area contributed by atoms with Crippen molar-refractivity contribution in [2.75, 3.05) is 18.5 Å². The number of carbonyl (C=O) groups excluding carboxylic acids is 2. The Kier molecular flexibility index (Phi) is 4.95. The first-order valence-corrected chi connectivity index (χ1v) is 8.45. The number of nitrogens with zero attached hydrogens (tertiary/aromatic N) is 1. The third kappa shape index (κ3) is 3.77. The van der Waals surface area contributed by atoms with Crippen LogP contribution < -0.4 is 5.32 Å². The van der Waals surface area contributed by atoms with Gasteiger partial charge in [0.15, 0.2) is 5.78 Å². The fourth-order valence-corrected chi connectivity index (χ4v) is 2.78. The summed E-state index contributed by atoms with van der Waals surface area (Å²) in [6.07, 6.45) is 1.69. The maximum absolute atomic E-state index is 12.4. The highest BCUT2D eigenvalue weighted by Gasteiger charge is 2.21. The van der Waals surface area contributed by atoms with E-state index in [1.807, 2.05) is 32.0 Å². The molecule has 0 bridgehead atoms. The number of benzene rings is 1. The van der Waals surface area contributed by atoms with E-state index in [1.54, 1.807) is 6.20 Å². The molecule has 5 nitrogen and oxygen atoms in total. The zero-order valence-electron chi connectivity index (χ0n) is 14.7. The molecule has 1 N–H and O–H groups in total. The average molecular weight is 338 g/mol. The number of aromatic nitrogens is 1. The Morgan fingerprint density at radius 1 is 1.20 bits per heavy atom. The number of ether oxygens (including phenoxy) is 1. The van der Waals surface area contributed by atoms with Gasteiger partial charge in [0, 0.05) is 30.5 Å². The predicted molar refractivity (Wildman–Crippen MR) is 96.7 cm³/mol. The van der Waals surface area contributed by atoms with Crippen LogP contribution in [-0.4, -0.2) is 29.9 Å². The molecular weight excluding hydrogens is 316 g/mol. The molecule has 1 aliphatic rings. The molecule has 3 rings (SSSR count). The van der Waals surface area contributed by atoms with Crippen molar-refractivity contribution in [3.63, 3.8) is 0 Å². The van der Waals surface area contributed by atoms with E-state index in [2.05, 4.69) is 22.4 Å². The van der Waals surface area contributed by atoms with Gasteiger partial charge < -0.3 is 10.1 Å². The number of Topliss-reactive ketones (excluding diaryl/α,β-unsaturated/α-hetero) is 1. The second-order valence-corrected chi connectivity index (χ2v) is 6.68. The summed E-state index contributed by atoms with van der Waals surface area (Å²) < 4.78 is 5.26. The molecule has 1 amide bonds. The molecule has 130 valence electrons. The number of carbonyl (C=O) groups is 2. The number of rotatable bonds is 5. The van der Waals surface area contributed by atoms with Crippen molar-refractivity contribution in [3.05, 3.63) is 47.8 Å². The van der Waals surface area contributed by atoms with Gasteiger partial charge in [0.1, 0.15) is 5.69 Å². The monoisotopic (exact) mass is 338 g/mol. The molecule has 25 heavy (non-hydrogen) atoms. The predicted octanol–water partition coefficient (Wildman–Crippen LogP) is 3.66. The maximum Gasteiger partial charge on any atom is 0.221 e. The van der Waals surface area contributed by atoms with Crippen LogP contribution in [0.2, 0.25) is 0 Å². The van der Waals surface area contributed by atoms with Gasteiger partial charge in [-0.25, -0.2) is 0 Å². The Labute approximate surface area is 147 Å². The molecule has 1 fully saturated rings. The van der Waals surface area contributed by atoms with Crippen LogP contribution in [0.15, 0.2) is 36.5 Å². The first kappa shape index (κ1) is 17.3. The van der Waals surface area contributed by atoms with E-state index in [0.717, 1.165) is 24.3 Å². The molecule has 1 aliphatic heterocycles. The molecule has 0 atom stereocenters. The van der Waals surface area contributed by atoms with Gasteiger partial charge in [-0.2, -0.15) is 0 Å². The number of hydrogen-bond acceptors (Lipinski definition) is 4. The fourth-order valence-electron chi connectivity index (χ4n) is 2.78. The van der Waals surface area contributed by atoms with E-state index < -0.39 is 0 Å². The molecule has 0 spiro atoms. The molecule has 0 radical (unpaired) electrons. The van der Waals surface area contributed by atoms with Gasteiger partial charge in [-0.15, -0.1) is 0 Å². The lowest BCUT2D eigenvalue weighted by Gasteiger charge is -2.26. The number of amides is 1. The second-order valence-electron chi connectivity index (χ2n) is 6.68. The minimum absolute atomic E-state index is 0.0873. The third-order valence-corrected chi connectivity index (χ3v) is 4.29. The Bertz CT molecular complexity index is 810. The fraction of sp³-hybridized carbons (Fsp3) is 0.350. The Morgan fingerprint density at radius 3 is 2.56 bits per heavy atom. The maximum atomic E-state index is 12.4. The lowest BCUT2D eigenvalue weighted by atomic mass is 9.94. The number of hydrogen-bond donors (Lipinski definition) is 1. The highest BCUT2D eigenvalue weighted by atomic mass is 16.5. The summed E-state index contributed by atoms with van der Waals surface area (Å²) in [6, 6.07) is 10.0. The van der Waals surface area contributed by atoms with Crippen molar-refractivity contribution in [3.8, 4) is 11.1 Å². The van der Waals surface area contributed by atoms with Crippen molar-refractivity contribution < 1.29 is 14.3 Å². The van der Waals surface area contributed by atoms with Crippen LogP contribution in [0.3, 0.4) is 0 Å². The number of nitrogens with one attached hydrogen (secondary N) is 1. The Balaban J connectivity index is 1.99. The third-order valence-electron chi connectivity index (χ3n) is 4.29. The highest BCUT2D eigenvalue weighted by Crippen LogP contribution is 2.30. The van der Waals surface area contributed by atoms with Gasteiger partial charge in [0.05, 0.1) is 18.9 Å². The normalized spacial score (nSPS) is 14.2. The van der Waals surface area contributed by atoms with Crippen LogP contribution in [0.1, 0.15) is 42.7 Å². The van der Waals surface area contributed by atoms with Crippen molar-refractivity contribution in [2.24, 2.45) is 5.92 Å². The first-order chi connectivity index (χ1) is 12.0. The van der Waals surface area contributed by atoms with E-state index in [0.29, 0.717) is 17.3 Å². The lowest BCUT2D eigenvalue weighted by molar-refractivity contribution is -0.114. The summed E-state index contributed by atoms with van der Waals surface area (Å²) >= 11 is 0. The van der Waals surface area contributed by atoms with Gasteiger partial charge in [-0.05, 0) is 17.2 Å². The lowest BCUT2D eigenvalue weighted by Crippen LogP contribution is -2.24. The minimum atomic E-state index is -0.225. The van der Waals surface area contributed by atoms with Crippen LogP contribution in [0.25, 0.3) is 11.1 Å². The largest absolute Gasteiger partial charge is 0.380 e. The standard InChI is InChI=1S/C20H22N2O3/c1-12(2)20(24)19-18(22-13(3)23)8-16(9-21-19)14-5-4-6-15(7-14)17-10-25-11-17/h4-9,12,17H,10-11H2,1-3H3,(H,22,23). The zero-order valence-corrected chi connectivity index (χ0v) is 14.7. The molecule has 5 heteroatoms. The molecule has 2 aromatic rings. The SMILES string of the molecule is CC(=O)Nc1cc(-c2cccc(C3COC3)c2)cnc1C(=O)C(C)C. The number of ketones is 1. The van der Waals surface area contributed by atoms with Crippen LogP contribution >= 0.6 is 0 Å². The van der Waals surface area contributed by atoms with Gasteiger partial charge in [0.2, 0.25) is 5.91 Å². The van der Waals surface area contributed by atoms with E-state index in [4.69, 9.17) is 4.74 Å². The van der Waals surface area contributed by atoms with E-state index in [9.17, 15) is 9.59 Å². The zero-order chi connectivity index (χ0) is 18.0. The van der Waals surface area contributed by atoms with Crippen molar-refractivity contribution >= 4 is 17.4 Å². The molecule has 0 saturated carbocycles. The molecule has 0 unspecified atom stereocenters. The smallest absolute Gasteiger partial charge is 0.221 e. The molecule has 1 aromatic heterocycles. The molecule has 2 heterocycles. The summed E-state index contributed by atoms with van der Waals surface area (Å²) in [5.74, 6) is -0.0647. The van der Waals surface area contributed by atoms with Crippen molar-refractivity contribution in [2.45, 2.75) is 26.7 Å². The molecule has 1 aromatic carbocycles. The summed E-state index contributed by atoms with van der Waals surface area (Å²) in [7, 11) is 0. The average Bonchev–Trinajstić information content (AvgIpc) is 2.52. The summed E-state index contributed by atoms with van der Waals surface area (Å²) in [4.78, 5) is 28.2. The second kappa shape index (κ2) is 7.15. The molecule has 0 aliphatic carbocycles. The summed E-state index contributed by atoms with van der Waals surface area (Å²) in [5.41, 5.74) is 3.86. The Hall–Kier alpha value is -2.53. The quantitative estimate of drug-likeness (QED) is 0.845. The summed E-state index contributed by atoms with van der Waals surface area (Å²) in [5, 5.41) is 2.74. The number of anilines is 1. The van der Waals surface area contributed by atoms with Crippen LogP contribution in [-0.2, 0) is 9.53 Å². The van der Waals surface area contributed by atoms with E-state index in [-0.39, 0.29) is 17.6 Å². The van der Waals surface area contributed by atoms with Crippen LogP contribution in [0.5, 0.6) is 0 Å². The van der Waals surface area contributed by atoms with Crippen molar-refractivity contribution in [1.29, 1.82) is 0 Å². The molecular formula is C20H22N2O3. The van der Waals surface area contributed by atoms with Crippen molar-refractivity contribution in [1.82, 2.24) is 4.98 Å². The molecule has 1 saturated heterocycles. The highest BCUT2D eigenvalue weighted by molar-refractivity contribution is 6.04. The van der Waals surface area contributed by atoms with E-state index >= 15 is 0 Å². The van der Waals surface area contributed by atoms with Crippen LogP contribution in [0, 0.1) is 5.92 Å². The minimum Gasteiger partial charge on any atom is -0.380 e.